The summed E-state index contributed by atoms with van der Waals surface area (Å²) in [6.45, 7) is 0. The van der Waals surface area contributed by atoms with E-state index in [0.717, 1.165) is 12.8 Å². The number of anilines is 1. The second-order valence-corrected chi connectivity index (χ2v) is 4.69. The molecule has 2 rings (SSSR count). The molecule has 0 spiro atoms. The number of aromatic nitrogens is 1. The summed E-state index contributed by atoms with van der Waals surface area (Å²) in [6, 6.07) is 1.50. The van der Waals surface area contributed by atoms with E-state index in [1.807, 2.05) is 0 Å². The number of nitrogens with one attached hydrogen (secondary N) is 1. The fraction of sp³-hybridized carbons (Fsp3) is 0.500. The first-order valence-electron chi connectivity index (χ1n) is 6.15. The van der Waals surface area contributed by atoms with E-state index in [1.54, 1.807) is 6.07 Å². The maximum atomic E-state index is 11.0. The third-order valence-corrected chi connectivity index (χ3v) is 3.38. The third-order valence-electron chi connectivity index (χ3n) is 3.38. The van der Waals surface area contributed by atoms with Crippen molar-refractivity contribution in [3.63, 3.8) is 0 Å². The second kappa shape index (κ2) is 5.64. The molecule has 0 aliphatic heterocycles. The predicted octanol–water partition coefficient (Wildman–Crippen LogP) is 2.05. The SMILES string of the molecule is O=C(O)C1CCCC(Nc2ccncc2[N+](=O)[O-])C1. The number of hydrogen-bond acceptors (Lipinski definition) is 5. The van der Waals surface area contributed by atoms with Gasteiger partial charge in [-0.15, -0.1) is 0 Å². The quantitative estimate of drug-likeness (QED) is 0.637. The van der Waals surface area contributed by atoms with Crippen LogP contribution in [-0.2, 0) is 4.79 Å². The number of hydrogen-bond donors (Lipinski definition) is 2. The van der Waals surface area contributed by atoms with Crippen LogP contribution in [0.1, 0.15) is 25.7 Å². The highest BCUT2D eigenvalue weighted by molar-refractivity contribution is 5.70. The summed E-state index contributed by atoms with van der Waals surface area (Å²) in [5.41, 5.74) is 0.316. The Morgan fingerprint density at radius 3 is 3.00 bits per heavy atom. The van der Waals surface area contributed by atoms with Crippen molar-refractivity contribution >= 4 is 17.3 Å². The van der Waals surface area contributed by atoms with Crippen molar-refractivity contribution < 1.29 is 14.8 Å². The lowest BCUT2D eigenvalue weighted by Gasteiger charge is -2.27. The Bertz CT molecular complexity index is 492. The minimum absolute atomic E-state index is 0.0454. The van der Waals surface area contributed by atoms with E-state index in [2.05, 4.69) is 10.3 Å². The molecule has 0 saturated heterocycles. The fourth-order valence-electron chi connectivity index (χ4n) is 2.42. The molecule has 2 N–H and O–H groups in total. The Balaban J connectivity index is 2.09. The van der Waals surface area contributed by atoms with Crippen molar-refractivity contribution in [2.45, 2.75) is 31.7 Å². The smallest absolute Gasteiger partial charge is 0.310 e. The molecule has 7 nitrogen and oxygen atoms in total. The first-order chi connectivity index (χ1) is 9.08. The van der Waals surface area contributed by atoms with E-state index in [9.17, 15) is 14.9 Å². The third kappa shape index (κ3) is 3.18. The zero-order valence-corrected chi connectivity index (χ0v) is 10.3. The molecule has 0 bridgehead atoms. The zero-order valence-electron chi connectivity index (χ0n) is 10.3. The topological polar surface area (TPSA) is 105 Å². The van der Waals surface area contributed by atoms with E-state index in [1.165, 1.54) is 12.4 Å². The number of nitro groups is 1. The van der Waals surface area contributed by atoms with E-state index in [-0.39, 0.29) is 17.6 Å². The fourth-order valence-corrected chi connectivity index (χ4v) is 2.42. The minimum atomic E-state index is -0.796. The number of rotatable bonds is 4. The van der Waals surface area contributed by atoms with Gasteiger partial charge in [-0.25, -0.2) is 0 Å². The van der Waals surface area contributed by atoms with Gasteiger partial charge in [0.2, 0.25) is 0 Å². The number of carbonyl (C=O) groups is 1. The Kier molecular flexibility index (Phi) is 3.94. The van der Waals surface area contributed by atoms with Crippen LogP contribution in [0.4, 0.5) is 11.4 Å². The molecular weight excluding hydrogens is 250 g/mol. The van der Waals surface area contributed by atoms with Gasteiger partial charge < -0.3 is 10.4 Å². The second-order valence-electron chi connectivity index (χ2n) is 4.69. The summed E-state index contributed by atoms with van der Waals surface area (Å²) in [5, 5.41) is 23.0. The van der Waals surface area contributed by atoms with Crippen LogP contribution in [0.3, 0.4) is 0 Å². The Morgan fingerprint density at radius 2 is 2.32 bits per heavy atom. The summed E-state index contributed by atoms with van der Waals surface area (Å²) in [7, 11) is 0. The van der Waals surface area contributed by atoms with E-state index >= 15 is 0 Å². The summed E-state index contributed by atoms with van der Waals surface area (Å²) in [4.78, 5) is 25.1. The first-order valence-corrected chi connectivity index (χ1v) is 6.15. The molecule has 0 radical (unpaired) electrons. The van der Waals surface area contributed by atoms with Gasteiger partial charge in [0.1, 0.15) is 11.9 Å². The van der Waals surface area contributed by atoms with Gasteiger partial charge in [0.25, 0.3) is 0 Å². The van der Waals surface area contributed by atoms with Crippen LogP contribution in [0.2, 0.25) is 0 Å². The average Bonchev–Trinajstić information content (AvgIpc) is 2.39. The number of aliphatic carboxylic acids is 1. The van der Waals surface area contributed by atoms with Crippen LogP contribution in [-0.4, -0.2) is 27.0 Å². The first kappa shape index (κ1) is 13.3. The molecule has 19 heavy (non-hydrogen) atoms. The van der Waals surface area contributed by atoms with Gasteiger partial charge in [-0.2, -0.15) is 0 Å². The summed E-state index contributed by atoms with van der Waals surface area (Å²) < 4.78 is 0. The molecule has 1 fully saturated rings. The highest BCUT2D eigenvalue weighted by atomic mass is 16.6. The van der Waals surface area contributed by atoms with Crippen molar-refractivity contribution in [3.05, 3.63) is 28.6 Å². The van der Waals surface area contributed by atoms with Crippen LogP contribution < -0.4 is 5.32 Å². The maximum Gasteiger partial charge on any atom is 0.310 e. The van der Waals surface area contributed by atoms with Crippen molar-refractivity contribution in [3.8, 4) is 0 Å². The highest BCUT2D eigenvalue weighted by Gasteiger charge is 2.28. The molecular formula is C12H15N3O4. The van der Waals surface area contributed by atoms with Crippen molar-refractivity contribution in [2.75, 3.05) is 5.32 Å². The largest absolute Gasteiger partial charge is 0.481 e. The van der Waals surface area contributed by atoms with Crippen molar-refractivity contribution in [1.82, 2.24) is 4.98 Å². The lowest BCUT2D eigenvalue weighted by molar-refractivity contribution is -0.384. The zero-order chi connectivity index (χ0) is 13.8. The molecule has 102 valence electrons. The molecule has 0 aromatic carbocycles. The molecule has 1 heterocycles. The van der Waals surface area contributed by atoms with Gasteiger partial charge >= 0.3 is 11.7 Å². The normalized spacial score (nSPS) is 22.7. The summed E-state index contributed by atoms with van der Waals surface area (Å²) in [6.07, 6.45) is 5.48. The average molecular weight is 265 g/mol. The van der Waals surface area contributed by atoms with Gasteiger partial charge in [-0.3, -0.25) is 19.9 Å². The molecule has 2 unspecified atom stereocenters. The van der Waals surface area contributed by atoms with Crippen LogP contribution in [0, 0.1) is 16.0 Å². The summed E-state index contributed by atoms with van der Waals surface area (Å²) in [5.74, 6) is -1.16. The molecule has 2 atom stereocenters. The lowest BCUT2D eigenvalue weighted by Crippen LogP contribution is -2.31. The Morgan fingerprint density at radius 1 is 1.53 bits per heavy atom. The van der Waals surface area contributed by atoms with Crippen LogP contribution in [0.25, 0.3) is 0 Å². The van der Waals surface area contributed by atoms with Gasteiger partial charge in [0, 0.05) is 12.2 Å². The highest BCUT2D eigenvalue weighted by Crippen LogP contribution is 2.29. The van der Waals surface area contributed by atoms with Crippen LogP contribution >= 0.6 is 0 Å². The predicted molar refractivity (Wildman–Crippen MR) is 67.9 cm³/mol. The van der Waals surface area contributed by atoms with Crippen LogP contribution in [0.15, 0.2) is 18.5 Å². The molecule has 1 aliphatic rings. The summed E-state index contributed by atoms with van der Waals surface area (Å²) >= 11 is 0. The molecule has 1 saturated carbocycles. The minimum Gasteiger partial charge on any atom is -0.481 e. The Labute approximate surface area is 109 Å². The van der Waals surface area contributed by atoms with E-state index < -0.39 is 10.9 Å². The standard InChI is InChI=1S/C12H15N3O4/c16-12(17)8-2-1-3-9(6-8)14-10-4-5-13-7-11(10)15(18)19/h4-5,7-9H,1-3,6H2,(H,13,14)(H,16,17). The van der Waals surface area contributed by atoms with Gasteiger partial charge in [-0.05, 0) is 25.3 Å². The van der Waals surface area contributed by atoms with Gasteiger partial charge in [0.05, 0.1) is 10.8 Å². The maximum absolute atomic E-state index is 11.0. The molecule has 1 aliphatic carbocycles. The molecule has 0 amide bonds. The monoisotopic (exact) mass is 265 g/mol. The van der Waals surface area contributed by atoms with Crippen LogP contribution in [0.5, 0.6) is 0 Å². The van der Waals surface area contributed by atoms with Gasteiger partial charge in [0.15, 0.2) is 0 Å². The van der Waals surface area contributed by atoms with Crippen molar-refractivity contribution in [2.24, 2.45) is 5.92 Å². The van der Waals surface area contributed by atoms with E-state index in [4.69, 9.17) is 5.11 Å². The number of pyridine rings is 1. The lowest BCUT2D eigenvalue weighted by atomic mass is 9.85. The van der Waals surface area contributed by atoms with Crippen molar-refractivity contribution in [1.29, 1.82) is 0 Å². The van der Waals surface area contributed by atoms with E-state index in [0.29, 0.717) is 18.5 Å². The molecule has 7 heteroatoms. The number of nitrogens with zero attached hydrogens (tertiary/aromatic N) is 2. The van der Waals surface area contributed by atoms with Gasteiger partial charge in [-0.1, -0.05) is 6.42 Å². The Hall–Kier alpha value is -2.18. The molecule has 1 aromatic heterocycles. The molecule has 1 aromatic rings. The number of carboxylic acids is 1. The number of carboxylic acid groups (broad SMARTS) is 1.